The molecule has 0 saturated heterocycles. The number of rotatable bonds is 4. The van der Waals surface area contributed by atoms with E-state index in [-0.39, 0.29) is 46.9 Å². The first-order valence-electron chi connectivity index (χ1n) is 10.1. The number of hydrogen-bond acceptors (Lipinski definition) is 3. The van der Waals surface area contributed by atoms with Crippen LogP contribution in [0.2, 0.25) is 0 Å². The van der Waals surface area contributed by atoms with Crippen LogP contribution in [0, 0.1) is 63.3 Å². The summed E-state index contributed by atoms with van der Waals surface area (Å²) in [5, 5.41) is 0. The minimum Gasteiger partial charge on any atom is -0.337 e. The molecule has 2 fully saturated rings. The Morgan fingerprint density at radius 2 is 1.23 bits per heavy atom. The van der Waals surface area contributed by atoms with Crippen LogP contribution in [0.25, 0.3) is 0 Å². The number of hydrogen-bond donors (Lipinski definition) is 0. The van der Waals surface area contributed by atoms with Crippen LogP contribution in [-0.2, 0) is 21.9 Å². The van der Waals surface area contributed by atoms with Crippen molar-refractivity contribution in [1.29, 1.82) is 0 Å². The fourth-order valence-electron chi connectivity index (χ4n) is 3.72. The molecular weight excluding hydrogens is 432 g/mol. The van der Waals surface area contributed by atoms with Gasteiger partial charge in [-0.25, -0.2) is 0 Å². The van der Waals surface area contributed by atoms with Crippen LogP contribution in [0.4, 0.5) is 0 Å². The van der Waals surface area contributed by atoms with Gasteiger partial charge >= 0.3 is 17.1 Å². The topological polar surface area (TPSA) is 57.7 Å². The average molecular weight is 458 g/mol. The first-order valence-corrected chi connectivity index (χ1v) is 10.1. The molecule has 160 valence electrons. The van der Waals surface area contributed by atoms with Crippen LogP contribution in [-0.4, -0.2) is 39.6 Å². The summed E-state index contributed by atoms with van der Waals surface area (Å²) in [6, 6.07) is 7.09. The molecule has 5 nitrogen and oxygen atoms in total. The van der Waals surface area contributed by atoms with E-state index in [9.17, 15) is 14.4 Å². The van der Waals surface area contributed by atoms with Crippen LogP contribution in [0.1, 0.15) is 48.4 Å². The molecule has 0 bridgehead atoms. The number of amides is 3. The molecule has 3 amide bonds. The summed E-state index contributed by atoms with van der Waals surface area (Å²) in [7, 11) is 0. The molecule has 1 aromatic carbocycles. The van der Waals surface area contributed by atoms with Crippen molar-refractivity contribution in [3.05, 3.63) is 98.7 Å². The summed E-state index contributed by atoms with van der Waals surface area (Å²) in [6.07, 6.45) is 15.0. The van der Waals surface area contributed by atoms with Crippen LogP contribution in [0.15, 0.2) is 24.3 Å². The van der Waals surface area contributed by atoms with Gasteiger partial charge in [-0.2, -0.15) is 0 Å². The second kappa shape index (κ2) is 11.3. The second-order valence-electron chi connectivity index (χ2n) is 7.68. The molecule has 31 heavy (non-hydrogen) atoms. The van der Waals surface area contributed by atoms with Crippen LogP contribution < -0.4 is 0 Å². The van der Waals surface area contributed by atoms with E-state index in [0.29, 0.717) is 23.1 Å². The minimum absolute atomic E-state index is 0. The standard InChI is InChI=1S/C20H21N2O3.C5H5.Fe/c1-12(2)21(13(3)4)20(25)16-10-7-11-17(16)22-18(23)14-8-5-6-9-15(14)19(22)24;1-2-4-5-3-1;/h5-13H,1-4H3;1-5H;/q;;+2. The van der Waals surface area contributed by atoms with Gasteiger partial charge < -0.3 is 4.90 Å². The van der Waals surface area contributed by atoms with Gasteiger partial charge in [-0.15, -0.1) is 0 Å². The molecule has 4 rings (SSSR count). The molecule has 2 saturated carbocycles. The van der Waals surface area contributed by atoms with Gasteiger partial charge in [0, 0.05) is 12.1 Å². The number of benzene rings is 1. The van der Waals surface area contributed by atoms with Gasteiger partial charge in [0.2, 0.25) is 5.91 Å². The number of carbonyl (C=O) groups excluding carboxylic acids is 3. The minimum atomic E-state index is -0.388. The predicted octanol–water partition coefficient (Wildman–Crippen LogP) is 3.68. The summed E-state index contributed by atoms with van der Waals surface area (Å²) in [4.78, 5) is 41.3. The third-order valence-corrected chi connectivity index (χ3v) is 4.96. The SMILES string of the molecule is CC(C)N(C(=O)[C]1[CH][CH][CH][C]1N1C(=O)c2ccccc2C1=O)C(C)C.[CH]1[CH][CH][CH][CH]1.[Fe+2]. The van der Waals surface area contributed by atoms with E-state index in [1.54, 1.807) is 48.4 Å². The van der Waals surface area contributed by atoms with Gasteiger partial charge in [0.15, 0.2) is 0 Å². The molecule has 10 radical (unpaired) electrons. The Morgan fingerprint density at radius 1 is 0.774 bits per heavy atom. The Hall–Kier alpha value is -1.65. The average Bonchev–Trinajstić information content (AvgIpc) is 3.45. The van der Waals surface area contributed by atoms with Gasteiger partial charge in [0.25, 0.3) is 11.8 Å². The largest absolute Gasteiger partial charge is 2.00 e. The summed E-state index contributed by atoms with van der Waals surface area (Å²) < 4.78 is 0. The molecular formula is C25H26FeN2O3+2. The Kier molecular flexibility index (Phi) is 9.32. The van der Waals surface area contributed by atoms with Crippen molar-refractivity contribution in [3.63, 3.8) is 0 Å². The normalized spacial score (nSPS) is 18.8. The molecule has 0 atom stereocenters. The summed E-state index contributed by atoms with van der Waals surface area (Å²) in [5.74, 6) is -0.582. The number of carbonyl (C=O) groups is 3. The van der Waals surface area contributed by atoms with Crippen molar-refractivity contribution in [1.82, 2.24) is 9.80 Å². The number of fused-ring (bicyclic) bond motifs is 1. The van der Waals surface area contributed by atoms with Crippen molar-refractivity contribution < 1.29 is 31.5 Å². The van der Waals surface area contributed by atoms with Gasteiger partial charge in [0.1, 0.15) is 0 Å². The van der Waals surface area contributed by atoms with Gasteiger partial charge in [-0.3, -0.25) is 19.3 Å². The fourth-order valence-corrected chi connectivity index (χ4v) is 3.72. The molecule has 3 aliphatic rings. The summed E-state index contributed by atoms with van der Waals surface area (Å²) in [6.45, 7) is 7.79. The van der Waals surface area contributed by atoms with E-state index < -0.39 is 0 Å². The third-order valence-electron chi connectivity index (χ3n) is 4.96. The van der Waals surface area contributed by atoms with Crippen molar-refractivity contribution in [2.24, 2.45) is 0 Å². The maximum absolute atomic E-state index is 13.0. The molecule has 1 aliphatic heterocycles. The zero-order valence-corrected chi connectivity index (χ0v) is 19.2. The first kappa shape index (κ1) is 25.6. The van der Waals surface area contributed by atoms with Gasteiger partial charge in [-0.1, -0.05) is 12.1 Å². The van der Waals surface area contributed by atoms with E-state index in [0.717, 1.165) is 4.90 Å². The Bertz CT molecular complexity index is 738. The first-order chi connectivity index (χ1) is 14.3. The maximum atomic E-state index is 13.0. The van der Waals surface area contributed by atoms with E-state index >= 15 is 0 Å². The molecule has 0 N–H and O–H groups in total. The van der Waals surface area contributed by atoms with Crippen molar-refractivity contribution >= 4 is 17.7 Å². The predicted molar refractivity (Wildman–Crippen MR) is 115 cm³/mol. The number of nitrogens with zero attached hydrogens (tertiary/aromatic N) is 2. The molecule has 0 unspecified atom stereocenters. The quantitative estimate of drug-likeness (QED) is 0.511. The van der Waals surface area contributed by atoms with E-state index in [4.69, 9.17) is 0 Å². The van der Waals surface area contributed by atoms with Gasteiger partial charge in [0.05, 0.1) is 23.1 Å². The third kappa shape index (κ3) is 5.40. The monoisotopic (exact) mass is 458 g/mol. The van der Waals surface area contributed by atoms with Crippen molar-refractivity contribution in [3.8, 4) is 0 Å². The van der Waals surface area contributed by atoms with Crippen LogP contribution in [0.5, 0.6) is 0 Å². The molecule has 6 heteroatoms. The zero-order valence-electron chi connectivity index (χ0n) is 18.1. The zero-order chi connectivity index (χ0) is 21.8. The smallest absolute Gasteiger partial charge is 0.337 e. The van der Waals surface area contributed by atoms with Crippen molar-refractivity contribution in [2.75, 3.05) is 0 Å². The Morgan fingerprint density at radius 3 is 1.65 bits per heavy atom. The maximum Gasteiger partial charge on any atom is 2.00 e. The van der Waals surface area contributed by atoms with Crippen LogP contribution >= 0.6 is 0 Å². The van der Waals surface area contributed by atoms with Gasteiger partial charge in [-0.05, 0) is 91.2 Å². The Labute approximate surface area is 197 Å². The van der Waals surface area contributed by atoms with E-state index in [1.165, 1.54) is 0 Å². The van der Waals surface area contributed by atoms with E-state index in [2.05, 4.69) is 0 Å². The molecule has 0 aromatic heterocycles. The van der Waals surface area contributed by atoms with Crippen LogP contribution in [0.3, 0.4) is 0 Å². The summed E-state index contributed by atoms with van der Waals surface area (Å²) in [5.41, 5.74) is 0.744. The molecule has 2 aliphatic carbocycles. The molecule has 1 aromatic rings. The summed E-state index contributed by atoms with van der Waals surface area (Å²) >= 11 is 0. The molecule has 0 spiro atoms. The molecule has 1 heterocycles. The fraction of sp³-hybridized carbons (Fsp3) is 0.240. The Balaban J connectivity index is 0.000000501. The second-order valence-corrected chi connectivity index (χ2v) is 7.68. The number of imide groups is 1. The van der Waals surface area contributed by atoms with Crippen molar-refractivity contribution in [2.45, 2.75) is 39.8 Å². The van der Waals surface area contributed by atoms with E-state index in [1.807, 2.05) is 59.8 Å².